The van der Waals surface area contributed by atoms with Crippen LogP contribution in [0.4, 0.5) is 0 Å². The molecule has 6 nitrogen and oxygen atoms in total. The first-order valence-corrected chi connectivity index (χ1v) is 4.51. The predicted octanol–water partition coefficient (Wildman–Crippen LogP) is -1.24. The Morgan fingerprint density at radius 2 is 2.43 bits per heavy atom. The minimum atomic E-state index is 0.0688. The highest BCUT2D eigenvalue weighted by Crippen LogP contribution is 2.02. The number of hydrogen-bond acceptors (Lipinski definition) is 3. The molecule has 0 bridgehead atoms. The number of piperazine rings is 1. The van der Waals surface area contributed by atoms with Gasteiger partial charge in [-0.1, -0.05) is 0 Å². The summed E-state index contributed by atoms with van der Waals surface area (Å²) < 4.78 is 1.68. The molecule has 0 aliphatic carbocycles. The highest BCUT2D eigenvalue weighted by molar-refractivity contribution is 5.78. The Balaban J connectivity index is 2.03. The van der Waals surface area contributed by atoms with Crippen LogP contribution in [-0.4, -0.2) is 45.2 Å². The standard InChI is InChI=1S/C8H12N5O/c1-12-7(10-6-11-12)5-13-3-2-9-4-8(13)14/h6H,2-5H2,1H3. The fourth-order valence-corrected chi connectivity index (χ4v) is 1.39. The highest BCUT2D eigenvalue weighted by atomic mass is 16.2. The number of carbonyl (C=O) groups is 1. The van der Waals surface area contributed by atoms with Gasteiger partial charge >= 0.3 is 0 Å². The van der Waals surface area contributed by atoms with Crippen molar-refractivity contribution in [2.75, 3.05) is 19.6 Å². The molecular formula is C8H12N5O. The van der Waals surface area contributed by atoms with Crippen LogP contribution in [0.3, 0.4) is 0 Å². The first-order valence-electron chi connectivity index (χ1n) is 4.51. The van der Waals surface area contributed by atoms with Crippen molar-refractivity contribution in [2.24, 2.45) is 7.05 Å². The smallest absolute Gasteiger partial charge is 0.238 e. The van der Waals surface area contributed by atoms with Gasteiger partial charge in [0.05, 0.1) is 13.1 Å². The van der Waals surface area contributed by atoms with Crippen molar-refractivity contribution in [3.05, 3.63) is 12.2 Å². The summed E-state index contributed by atoms with van der Waals surface area (Å²) in [6.45, 7) is 2.25. The van der Waals surface area contributed by atoms with E-state index in [1.807, 2.05) is 7.05 Å². The van der Waals surface area contributed by atoms with Gasteiger partial charge in [-0.15, -0.1) is 0 Å². The molecular weight excluding hydrogens is 182 g/mol. The predicted molar refractivity (Wildman–Crippen MR) is 48.3 cm³/mol. The van der Waals surface area contributed by atoms with Gasteiger partial charge < -0.3 is 4.90 Å². The summed E-state index contributed by atoms with van der Waals surface area (Å²) in [7, 11) is 1.82. The van der Waals surface area contributed by atoms with Crippen molar-refractivity contribution >= 4 is 5.91 Å². The van der Waals surface area contributed by atoms with E-state index in [1.54, 1.807) is 9.58 Å². The summed E-state index contributed by atoms with van der Waals surface area (Å²) in [5.74, 6) is 0.875. The lowest BCUT2D eigenvalue weighted by molar-refractivity contribution is -0.132. The Kier molecular flexibility index (Phi) is 2.45. The fraction of sp³-hybridized carbons (Fsp3) is 0.625. The summed E-state index contributed by atoms with van der Waals surface area (Å²) in [4.78, 5) is 17.2. The van der Waals surface area contributed by atoms with Gasteiger partial charge in [0.2, 0.25) is 5.91 Å². The van der Waals surface area contributed by atoms with Crippen molar-refractivity contribution in [1.29, 1.82) is 0 Å². The second-order valence-electron chi connectivity index (χ2n) is 3.22. The van der Waals surface area contributed by atoms with E-state index in [9.17, 15) is 4.79 Å². The van der Waals surface area contributed by atoms with Crippen molar-refractivity contribution in [3.8, 4) is 0 Å². The maximum absolute atomic E-state index is 11.4. The Hall–Kier alpha value is -1.43. The van der Waals surface area contributed by atoms with Gasteiger partial charge in [-0.2, -0.15) is 5.10 Å². The molecule has 1 saturated heterocycles. The summed E-state index contributed by atoms with van der Waals surface area (Å²) in [5, 5.41) is 7.98. The molecule has 14 heavy (non-hydrogen) atoms. The van der Waals surface area contributed by atoms with Crippen LogP contribution >= 0.6 is 0 Å². The Bertz CT molecular complexity index is 334. The summed E-state index contributed by atoms with van der Waals surface area (Å²) in [6, 6.07) is 0. The molecule has 75 valence electrons. The fourth-order valence-electron chi connectivity index (χ4n) is 1.39. The zero-order valence-electron chi connectivity index (χ0n) is 8.05. The monoisotopic (exact) mass is 194 g/mol. The first kappa shape index (κ1) is 9.14. The first-order chi connectivity index (χ1) is 6.77. The van der Waals surface area contributed by atoms with E-state index in [2.05, 4.69) is 15.4 Å². The van der Waals surface area contributed by atoms with Gasteiger partial charge in [0.15, 0.2) is 0 Å². The number of carbonyl (C=O) groups excluding carboxylic acids is 1. The molecule has 2 heterocycles. The van der Waals surface area contributed by atoms with Crippen molar-refractivity contribution in [1.82, 2.24) is 25.0 Å². The van der Waals surface area contributed by atoms with E-state index in [4.69, 9.17) is 0 Å². The molecule has 1 amide bonds. The van der Waals surface area contributed by atoms with Crippen LogP contribution in [0.15, 0.2) is 6.33 Å². The quantitative estimate of drug-likeness (QED) is 0.591. The Labute approximate surface area is 81.9 Å². The lowest BCUT2D eigenvalue weighted by atomic mass is 10.3. The third kappa shape index (κ3) is 1.74. The molecule has 0 saturated carbocycles. The molecule has 1 aliphatic heterocycles. The van der Waals surface area contributed by atoms with E-state index in [1.165, 1.54) is 6.33 Å². The number of aromatic nitrogens is 3. The van der Waals surface area contributed by atoms with Crippen LogP contribution in [0.5, 0.6) is 0 Å². The SMILES string of the molecule is Cn1ncnc1CN1CC[N]CC1=O. The molecule has 6 heteroatoms. The molecule has 0 aromatic carbocycles. The number of amides is 1. The topological polar surface area (TPSA) is 65.1 Å². The van der Waals surface area contributed by atoms with Crippen LogP contribution in [0.1, 0.15) is 5.82 Å². The van der Waals surface area contributed by atoms with E-state index < -0.39 is 0 Å². The van der Waals surface area contributed by atoms with Crippen LogP contribution < -0.4 is 5.32 Å². The molecule has 1 aromatic heterocycles. The third-order valence-electron chi connectivity index (χ3n) is 2.27. The van der Waals surface area contributed by atoms with Crippen LogP contribution in [0.25, 0.3) is 0 Å². The number of nitrogens with zero attached hydrogens (tertiary/aromatic N) is 5. The van der Waals surface area contributed by atoms with Crippen LogP contribution in [0.2, 0.25) is 0 Å². The normalized spacial score (nSPS) is 17.5. The van der Waals surface area contributed by atoms with Crippen molar-refractivity contribution < 1.29 is 4.79 Å². The van der Waals surface area contributed by atoms with E-state index >= 15 is 0 Å². The lowest BCUT2D eigenvalue weighted by Crippen LogP contribution is -2.44. The zero-order valence-corrected chi connectivity index (χ0v) is 8.05. The molecule has 1 aliphatic rings. The van der Waals surface area contributed by atoms with Crippen LogP contribution in [-0.2, 0) is 18.4 Å². The van der Waals surface area contributed by atoms with Gasteiger partial charge in [0.25, 0.3) is 0 Å². The molecule has 2 rings (SSSR count). The number of hydrogen-bond donors (Lipinski definition) is 0. The average molecular weight is 194 g/mol. The summed E-state index contributed by atoms with van der Waals surface area (Å²) in [6.07, 6.45) is 1.49. The van der Waals surface area contributed by atoms with Crippen molar-refractivity contribution in [2.45, 2.75) is 6.54 Å². The number of rotatable bonds is 2. The van der Waals surface area contributed by atoms with Gasteiger partial charge in [0, 0.05) is 20.1 Å². The highest BCUT2D eigenvalue weighted by Gasteiger charge is 2.19. The maximum atomic E-state index is 11.4. The second kappa shape index (κ2) is 3.75. The third-order valence-corrected chi connectivity index (χ3v) is 2.27. The molecule has 0 atom stereocenters. The Morgan fingerprint density at radius 1 is 1.57 bits per heavy atom. The second-order valence-corrected chi connectivity index (χ2v) is 3.22. The van der Waals surface area contributed by atoms with E-state index in [0.717, 1.165) is 12.4 Å². The van der Waals surface area contributed by atoms with Gasteiger partial charge in [-0.05, 0) is 0 Å². The Morgan fingerprint density at radius 3 is 3.07 bits per heavy atom. The zero-order chi connectivity index (χ0) is 9.97. The maximum Gasteiger partial charge on any atom is 0.238 e. The molecule has 1 aromatic rings. The van der Waals surface area contributed by atoms with Crippen LogP contribution in [0, 0.1) is 0 Å². The molecule has 0 spiro atoms. The summed E-state index contributed by atoms with van der Waals surface area (Å²) >= 11 is 0. The number of aryl methyl sites for hydroxylation is 1. The van der Waals surface area contributed by atoms with Gasteiger partial charge in [-0.25, -0.2) is 10.3 Å². The van der Waals surface area contributed by atoms with E-state index in [-0.39, 0.29) is 5.91 Å². The van der Waals surface area contributed by atoms with Gasteiger partial charge in [-0.3, -0.25) is 9.48 Å². The van der Waals surface area contributed by atoms with Gasteiger partial charge in [0.1, 0.15) is 12.2 Å². The summed E-state index contributed by atoms with van der Waals surface area (Å²) in [5.41, 5.74) is 0. The molecule has 1 radical (unpaired) electrons. The molecule has 1 fully saturated rings. The largest absolute Gasteiger partial charge is 0.333 e. The minimum Gasteiger partial charge on any atom is -0.333 e. The average Bonchev–Trinajstić information content (AvgIpc) is 2.56. The lowest BCUT2D eigenvalue weighted by Gasteiger charge is -2.25. The molecule has 0 N–H and O–H groups in total. The minimum absolute atomic E-state index is 0.0688. The molecule has 0 unspecified atom stereocenters. The van der Waals surface area contributed by atoms with E-state index in [0.29, 0.717) is 19.6 Å². The van der Waals surface area contributed by atoms with Crippen molar-refractivity contribution in [3.63, 3.8) is 0 Å².